The molecule has 5 nitrogen and oxygen atoms in total. The van der Waals surface area contributed by atoms with Gasteiger partial charge in [0.2, 0.25) is 0 Å². The average Bonchev–Trinajstić information content (AvgIpc) is 2.16. The summed E-state index contributed by atoms with van der Waals surface area (Å²) in [6.07, 6.45) is 0.220. The Morgan fingerprint density at radius 3 is 2.53 bits per heavy atom. The third kappa shape index (κ3) is 7.31. The molecular weight excluding hydrogens is 220 g/mol. The number of esters is 1. The van der Waals surface area contributed by atoms with Gasteiger partial charge in [0.15, 0.2) is 0 Å². The van der Waals surface area contributed by atoms with Crippen LogP contribution in [0.25, 0.3) is 0 Å². The lowest BCUT2D eigenvalue weighted by atomic mass is 10.0. The summed E-state index contributed by atoms with van der Waals surface area (Å²) in [5.74, 6) is -0.364. The van der Waals surface area contributed by atoms with E-state index in [2.05, 4.69) is 0 Å². The maximum absolute atomic E-state index is 11.6. The molecule has 0 aromatic heterocycles. The lowest BCUT2D eigenvalue weighted by Gasteiger charge is -2.28. The Hall–Kier alpha value is -0.650. The van der Waals surface area contributed by atoms with E-state index in [1.54, 1.807) is 13.8 Å². The fraction of sp³-hybridized carbons (Fsp3) is 0.917. The number of rotatable bonds is 8. The van der Waals surface area contributed by atoms with Crippen LogP contribution in [0.2, 0.25) is 0 Å². The summed E-state index contributed by atoms with van der Waals surface area (Å²) in [7, 11) is 1.91. The number of hydrogen-bond donors (Lipinski definition) is 1. The van der Waals surface area contributed by atoms with E-state index in [4.69, 9.17) is 15.2 Å². The van der Waals surface area contributed by atoms with Crippen molar-refractivity contribution in [3.8, 4) is 0 Å². The topological polar surface area (TPSA) is 64.8 Å². The summed E-state index contributed by atoms with van der Waals surface area (Å²) < 4.78 is 10.4. The highest BCUT2D eigenvalue weighted by Crippen LogP contribution is 2.05. The fourth-order valence-electron chi connectivity index (χ4n) is 1.44. The Morgan fingerprint density at radius 1 is 1.47 bits per heavy atom. The van der Waals surface area contributed by atoms with Crippen LogP contribution in [0.5, 0.6) is 0 Å². The molecule has 0 amide bonds. The van der Waals surface area contributed by atoms with E-state index in [0.717, 1.165) is 6.54 Å². The highest BCUT2D eigenvalue weighted by molar-refractivity contribution is 5.80. The van der Waals surface area contributed by atoms with Crippen molar-refractivity contribution in [2.45, 2.75) is 39.3 Å². The zero-order valence-electron chi connectivity index (χ0n) is 11.7. The highest BCUT2D eigenvalue weighted by Gasteiger charge is 2.31. The largest absolute Gasteiger partial charge is 0.465 e. The van der Waals surface area contributed by atoms with Crippen LogP contribution in [-0.2, 0) is 14.3 Å². The second-order valence-electron chi connectivity index (χ2n) is 4.80. The maximum atomic E-state index is 11.6. The zero-order valence-corrected chi connectivity index (χ0v) is 11.7. The lowest BCUT2D eigenvalue weighted by Crippen LogP contribution is -2.54. The molecule has 0 saturated carbocycles. The second-order valence-corrected chi connectivity index (χ2v) is 4.80. The first kappa shape index (κ1) is 16.4. The predicted octanol–water partition coefficient (Wildman–Crippen LogP) is 0.624. The van der Waals surface area contributed by atoms with Gasteiger partial charge in [0.05, 0.1) is 19.3 Å². The Labute approximate surface area is 104 Å². The third-order valence-corrected chi connectivity index (χ3v) is 2.26. The summed E-state index contributed by atoms with van der Waals surface area (Å²) in [6, 6.07) is 0. The number of nitrogens with two attached hydrogens (primary N) is 1. The van der Waals surface area contributed by atoms with Crippen molar-refractivity contribution in [3.63, 3.8) is 0 Å². The van der Waals surface area contributed by atoms with E-state index < -0.39 is 5.54 Å². The Kier molecular flexibility index (Phi) is 7.34. The van der Waals surface area contributed by atoms with E-state index >= 15 is 0 Å². The van der Waals surface area contributed by atoms with Crippen LogP contribution in [0.15, 0.2) is 0 Å². The molecule has 0 saturated heterocycles. The minimum atomic E-state index is -0.970. The molecule has 0 bridgehead atoms. The van der Waals surface area contributed by atoms with Crippen LogP contribution < -0.4 is 5.73 Å². The first-order valence-electron chi connectivity index (χ1n) is 6.06. The van der Waals surface area contributed by atoms with Crippen molar-refractivity contribution < 1.29 is 14.3 Å². The van der Waals surface area contributed by atoms with Gasteiger partial charge in [-0.05, 0) is 34.7 Å². The van der Waals surface area contributed by atoms with Crippen molar-refractivity contribution in [2.24, 2.45) is 5.73 Å². The molecule has 17 heavy (non-hydrogen) atoms. The molecule has 0 aliphatic carbocycles. The summed E-state index contributed by atoms with van der Waals surface area (Å²) in [5, 5.41) is 0. The summed E-state index contributed by atoms with van der Waals surface area (Å²) in [6.45, 7) is 9.62. The van der Waals surface area contributed by atoms with E-state index in [1.165, 1.54) is 0 Å². The van der Waals surface area contributed by atoms with Crippen LogP contribution in [-0.4, -0.2) is 55.9 Å². The maximum Gasteiger partial charge on any atom is 0.327 e. The first-order valence-corrected chi connectivity index (χ1v) is 6.06. The van der Waals surface area contributed by atoms with Gasteiger partial charge in [-0.25, -0.2) is 0 Å². The van der Waals surface area contributed by atoms with Crippen molar-refractivity contribution in [3.05, 3.63) is 0 Å². The van der Waals surface area contributed by atoms with Gasteiger partial charge < -0.3 is 20.1 Å². The predicted molar refractivity (Wildman–Crippen MR) is 67.8 cm³/mol. The highest BCUT2D eigenvalue weighted by atomic mass is 16.5. The number of hydrogen-bond acceptors (Lipinski definition) is 5. The molecule has 0 rings (SSSR count). The van der Waals surface area contributed by atoms with Gasteiger partial charge in [-0.3, -0.25) is 4.79 Å². The lowest BCUT2D eigenvalue weighted by molar-refractivity contribution is -0.149. The molecule has 2 N–H and O–H groups in total. The second kappa shape index (κ2) is 7.63. The summed E-state index contributed by atoms with van der Waals surface area (Å²) in [4.78, 5) is 13.5. The molecule has 102 valence electrons. The third-order valence-electron chi connectivity index (χ3n) is 2.26. The number of carbonyl (C=O) groups is 1. The summed E-state index contributed by atoms with van der Waals surface area (Å²) >= 11 is 0. The molecule has 0 fully saturated rings. The van der Waals surface area contributed by atoms with Gasteiger partial charge in [-0.15, -0.1) is 0 Å². The quantitative estimate of drug-likeness (QED) is 0.636. The van der Waals surface area contributed by atoms with Crippen molar-refractivity contribution >= 4 is 5.97 Å². The van der Waals surface area contributed by atoms with Crippen LogP contribution in [0.3, 0.4) is 0 Å². The van der Waals surface area contributed by atoms with Crippen molar-refractivity contribution in [1.29, 1.82) is 0 Å². The smallest absolute Gasteiger partial charge is 0.327 e. The van der Waals surface area contributed by atoms with E-state index in [0.29, 0.717) is 19.8 Å². The molecule has 0 aromatic carbocycles. The molecule has 0 heterocycles. The van der Waals surface area contributed by atoms with E-state index in [-0.39, 0.29) is 12.1 Å². The Bertz CT molecular complexity index is 230. The van der Waals surface area contributed by atoms with Gasteiger partial charge in [-0.2, -0.15) is 0 Å². The molecule has 1 atom stereocenters. The van der Waals surface area contributed by atoms with Gasteiger partial charge in [0, 0.05) is 13.1 Å². The van der Waals surface area contributed by atoms with Crippen molar-refractivity contribution in [2.75, 3.05) is 33.4 Å². The Morgan fingerprint density at radius 2 is 2.06 bits per heavy atom. The van der Waals surface area contributed by atoms with Crippen LogP contribution in [0, 0.1) is 0 Å². The minimum Gasteiger partial charge on any atom is -0.465 e. The molecule has 0 spiro atoms. The van der Waals surface area contributed by atoms with E-state index in [9.17, 15) is 4.79 Å². The average molecular weight is 246 g/mol. The number of likely N-dealkylation sites (N-methyl/N-ethyl adjacent to an activating group) is 1. The number of carbonyl (C=O) groups excluding carboxylic acids is 1. The van der Waals surface area contributed by atoms with Crippen LogP contribution in [0.1, 0.15) is 27.7 Å². The molecule has 1 unspecified atom stereocenters. The molecule has 0 aliphatic rings. The zero-order chi connectivity index (χ0) is 13.5. The summed E-state index contributed by atoms with van der Waals surface area (Å²) in [5.41, 5.74) is 4.95. The van der Waals surface area contributed by atoms with Gasteiger partial charge in [0.25, 0.3) is 0 Å². The molecule has 0 aromatic rings. The normalized spacial score (nSPS) is 15.1. The van der Waals surface area contributed by atoms with Crippen molar-refractivity contribution in [1.82, 2.24) is 4.90 Å². The van der Waals surface area contributed by atoms with Gasteiger partial charge >= 0.3 is 5.97 Å². The van der Waals surface area contributed by atoms with Gasteiger partial charge in [0.1, 0.15) is 5.54 Å². The fourth-order valence-corrected chi connectivity index (χ4v) is 1.44. The number of nitrogens with zero attached hydrogens (tertiary/aromatic N) is 1. The monoisotopic (exact) mass is 246 g/mol. The van der Waals surface area contributed by atoms with E-state index in [1.807, 2.05) is 25.8 Å². The Balaban J connectivity index is 4.00. The standard InChI is InChI=1S/C12H26N2O3/c1-6-16-11(15)12(4,13)9-14(5)7-8-17-10(2)3/h10H,6-9,13H2,1-5H3. The SMILES string of the molecule is CCOC(=O)C(C)(N)CN(C)CCOC(C)C. The molecule has 0 aliphatic heterocycles. The molecular formula is C12H26N2O3. The molecule has 0 radical (unpaired) electrons. The number of ether oxygens (including phenoxy) is 2. The first-order chi connectivity index (χ1) is 7.79. The van der Waals surface area contributed by atoms with Crippen LogP contribution in [0.4, 0.5) is 0 Å². The molecule has 5 heteroatoms. The van der Waals surface area contributed by atoms with Gasteiger partial charge in [-0.1, -0.05) is 0 Å². The van der Waals surface area contributed by atoms with Crippen LogP contribution >= 0.6 is 0 Å². The minimum absolute atomic E-state index is 0.220.